The summed E-state index contributed by atoms with van der Waals surface area (Å²) in [7, 11) is 1.35. The van der Waals surface area contributed by atoms with Crippen LogP contribution in [-0.2, 0) is 20.7 Å². The lowest BCUT2D eigenvalue weighted by atomic mass is 9.95. The van der Waals surface area contributed by atoms with Gasteiger partial charge in [0.05, 0.1) is 20.0 Å². The molecule has 0 saturated heterocycles. The van der Waals surface area contributed by atoms with Gasteiger partial charge in [0.1, 0.15) is 0 Å². The van der Waals surface area contributed by atoms with E-state index in [1.807, 2.05) is 25.1 Å². The Hall–Kier alpha value is -2.99. The van der Waals surface area contributed by atoms with Gasteiger partial charge in [-0.1, -0.05) is 61.5 Å². The third-order valence-corrected chi connectivity index (χ3v) is 4.34. The number of carbonyl (C=O) groups excluding carboxylic acids is 2. The number of methoxy groups -OCH3 is 1. The van der Waals surface area contributed by atoms with Crippen molar-refractivity contribution < 1.29 is 24.2 Å². The van der Waals surface area contributed by atoms with Gasteiger partial charge in [0.15, 0.2) is 5.78 Å². The summed E-state index contributed by atoms with van der Waals surface area (Å²) in [5.41, 5.74) is 8.10. The van der Waals surface area contributed by atoms with Crippen LogP contribution in [0.2, 0.25) is 0 Å². The van der Waals surface area contributed by atoms with Gasteiger partial charge in [-0.2, -0.15) is 0 Å². The molecule has 0 aliphatic carbocycles. The maximum atomic E-state index is 11.7. The molecule has 0 bridgehead atoms. The first-order valence-corrected chi connectivity index (χ1v) is 9.53. The fraction of sp³-hybridized carbons (Fsp3) is 0.348. The molecule has 6 heteroatoms. The smallest absolute Gasteiger partial charge is 0.306 e. The number of Topliss-reactive ketones (excluding diaryl/α,β-unsaturated/α-hetero) is 1. The third-order valence-electron chi connectivity index (χ3n) is 4.34. The summed E-state index contributed by atoms with van der Waals surface area (Å²) in [5.74, 6) is -1.45. The van der Waals surface area contributed by atoms with E-state index >= 15 is 0 Å². The minimum absolute atomic E-state index is 0.00521. The molecule has 6 nitrogen and oxygen atoms in total. The number of aliphatic carboxylic acids is 1. The molecule has 29 heavy (non-hydrogen) atoms. The Labute approximate surface area is 171 Å². The van der Waals surface area contributed by atoms with Crippen LogP contribution in [0.4, 0.5) is 0 Å². The molecule has 0 saturated carbocycles. The van der Waals surface area contributed by atoms with Crippen LogP contribution in [-0.4, -0.2) is 36.5 Å². The molecule has 0 radical (unpaired) electrons. The van der Waals surface area contributed by atoms with Crippen LogP contribution in [0, 0.1) is 0 Å². The summed E-state index contributed by atoms with van der Waals surface area (Å²) >= 11 is 0. The lowest BCUT2D eigenvalue weighted by Gasteiger charge is -2.10. The largest absolute Gasteiger partial charge is 0.481 e. The molecular weight excluding hydrogens is 370 g/mol. The number of nitrogens with two attached hydrogens (primary N) is 1. The van der Waals surface area contributed by atoms with E-state index in [2.05, 4.69) is 16.9 Å². The highest BCUT2D eigenvalue weighted by Gasteiger charge is 2.13. The van der Waals surface area contributed by atoms with Gasteiger partial charge in [-0.25, -0.2) is 0 Å². The minimum Gasteiger partial charge on any atom is -0.481 e. The van der Waals surface area contributed by atoms with E-state index in [1.54, 1.807) is 24.3 Å². The molecule has 0 aromatic heterocycles. The van der Waals surface area contributed by atoms with Crippen LogP contribution < -0.4 is 5.73 Å². The highest BCUT2D eigenvalue weighted by molar-refractivity contribution is 5.97. The van der Waals surface area contributed by atoms with Crippen LogP contribution in [0.15, 0.2) is 54.6 Å². The van der Waals surface area contributed by atoms with Crippen molar-refractivity contribution in [2.24, 2.45) is 5.73 Å². The van der Waals surface area contributed by atoms with Crippen molar-refractivity contribution in [3.63, 3.8) is 0 Å². The van der Waals surface area contributed by atoms with Crippen LogP contribution in [0.25, 0.3) is 0 Å². The summed E-state index contributed by atoms with van der Waals surface area (Å²) in [4.78, 5) is 33.3. The zero-order valence-electron chi connectivity index (χ0n) is 17.0. The van der Waals surface area contributed by atoms with Crippen LogP contribution >= 0.6 is 0 Å². The van der Waals surface area contributed by atoms with E-state index in [9.17, 15) is 14.4 Å². The standard InChI is InChI=1S/C15H18O5.C8H11N/c1-10(9-15(19)20-2)11-3-5-12(6-4-11)13(16)7-8-14(17)18;9-7-6-8-4-2-1-3-5-8/h3-6,10H,7-9H2,1-2H3,(H,17,18);1-5H,6-7,9H2. The van der Waals surface area contributed by atoms with Crippen LogP contribution in [0.5, 0.6) is 0 Å². The van der Waals surface area contributed by atoms with Crippen molar-refractivity contribution in [1.82, 2.24) is 0 Å². The van der Waals surface area contributed by atoms with E-state index in [0.717, 1.165) is 18.5 Å². The lowest BCUT2D eigenvalue weighted by Crippen LogP contribution is -2.07. The summed E-state index contributed by atoms with van der Waals surface area (Å²) in [6.45, 7) is 2.64. The zero-order chi connectivity index (χ0) is 21.6. The number of esters is 1. The average Bonchev–Trinajstić information content (AvgIpc) is 2.73. The fourth-order valence-corrected chi connectivity index (χ4v) is 2.62. The molecule has 0 fully saturated rings. The molecule has 2 rings (SSSR count). The first-order chi connectivity index (χ1) is 13.9. The number of carbonyl (C=O) groups is 3. The topological polar surface area (TPSA) is 107 Å². The van der Waals surface area contributed by atoms with Crippen molar-refractivity contribution >= 4 is 17.7 Å². The second-order valence-corrected chi connectivity index (χ2v) is 6.64. The molecule has 0 aliphatic rings. The summed E-state index contributed by atoms with van der Waals surface area (Å²) < 4.78 is 4.61. The van der Waals surface area contributed by atoms with Gasteiger partial charge in [0.2, 0.25) is 0 Å². The van der Waals surface area contributed by atoms with E-state index in [-0.39, 0.29) is 36.9 Å². The Morgan fingerprint density at radius 2 is 1.62 bits per heavy atom. The number of carboxylic acids is 1. The van der Waals surface area contributed by atoms with Crippen LogP contribution in [0.3, 0.4) is 0 Å². The van der Waals surface area contributed by atoms with Crippen molar-refractivity contribution in [3.8, 4) is 0 Å². The van der Waals surface area contributed by atoms with Crippen molar-refractivity contribution in [2.75, 3.05) is 13.7 Å². The molecule has 0 aliphatic heterocycles. The fourth-order valence-electron chi connectivity index (χ4n) is 2.62. The highest BCUT2D eigenvalue weighted by atomic mass is 16.5. The van der Waals surface area contributed by atoms with E-state index < -0.39 is 5.97 Å². The maximum Gasteiger partial charge on any atom is 0.306 e. The SMILES string of the molecule is COC(=O)CC(C)c1ccc(C(=O)CCC(=O)O)cc1.NCCc1ccccc1. The first-order valence-electron chi connectivity index (χ1n) is 9.53. The summed E-state index contributed by atoms with van der Waals surface area (Å²) in [6, 6.07) is 17.1. The van der Waals surface area contributed by atoms with Gasteiger partial charge >= 0.3 is 11.9 Å². The van der Waals surface area contributed by atoms with Crippen LogP contribution in [0.1, 0.15) is 53.6 Å². The van der Waals surface area contributed by atoms with Gasteiger partial charge in [-0.15, -0.1) is 0 Å². The van der Waals surface area contributed by atoms with Gasteiger partial charge in [-0.3, -0.25) is 14.4 Å². The van der Waals surface area contributed by atoms with E-state index in [1.165, 1.54) is 12.7 Å². The van der Waals surface area contributed by atoms with Gasteiger partial charge in [0, 0.05) is 12.0 Å². The number of carboxylic acid groups (broad SMARTS) is 1. The van der Waals surface area contributed by atoms with Crippen molar-refractivity contribution in [3.05, 3.63) is 71.3 Å². The summed E-state index contributed by atoms with van der Waals surface area (Å²) in [6.07, 6.45) is 1.09. The second kappa shape index (κ2) is 13.2. The Morgan fingerprint density at radius 1 is 1.00 bits per heavy atom. The molecule has 0 amide bonds. The molecule has 1 unspecified atom stereocenters. The normalized spacial score (nSPS) is 11.0. The highest BCUT2D eigenvalue weighted by Crippen LogP contribution is 2.20. The summed E-state index contributed by atoms with van der Waals surface area (Å²) in [5, 5.41) is 8.54. The molecule has 3 N–H and O–H groups in total. The Morgan fingerprint density at radius 3 is 2.14 bits per heavy atom. The van der Waals surface area contributed by atoms with Gasteiger partial charge < -0.3 is 15.6 Å². The quantitative estimate of drug-likeness (QED) is 0.493. The number of hydrogen-bond acceptors (Lipinski definition) is 5. The number of ketones is 1. The van der Waals surface area contributed by atoms with Gasteiger partial charge in [-0.05, 0) is 30.0 Å². The van der Waals surface area contributed by atoms with Crippen molar-refractivity contribution in [2.45, 2.75) is 38.5 Å². The predicted molar refractivity (Wildman–Crippen MR) is 112 cm³/mol. The number of ether oxygens (including phenoxy) is 1. The predicted octanol–water partition coefficient (Wildman–Crippen LogP) is 3.59. The Balaban J connectivity index is 0.000000387. The van der Waals surface area contributed by atoms with E-state index in [0.29, 0.717) is 5.56 Å². The molecule has 2 aromatic carbocycles. The molecule has 2 aromatic rings. The zero-order valence-corrected chi connectivity index (χ0v) is 17.0. The molecular formula is C23H29NO5. The Bertz CT molecular complexity index is 772. The first kappa shape index (κ1) is 24.0. The molecule has 1 atom stereocenters. The second-order valence-electron chi connectivity index (χ2n) is 6.64. The number of benzene rings is 2. The number of hydrogen-bond donors (Lipinski definition) is 2. The monoisotopic (exact) mass is 399 g/mol. The average molecular weight is 399 g/mol. The van der Waals surface area contributed by atoms with Gasteiger partial charge in [0.25, 0.3) is 0 Å². The lowest BCUT2D eigenvalue weighted by molar-refractivity contribution is -0.141. The maximum absolute atomic E-state index is 11.7. The number of rotatable bonds is 9. The minimum atomic E-state index is -0.985. The molecule has 0 spiro atoms. The third kappa shape index (κ3) is 9.67. The molecule has 0 heterocycles. The van der Waals surface area contributed by atoms with Crippen molar-refractivity contribution in [1.29, 1.82) is 0 Å². The molecule has 156 valence electrons. The Kier molecular flexibility index (Phi) is 11.0. The van der Waals surface area contributed by atoms with E-state index in [4.69, 9.17) is 10.8 Å².